The molecule has 1 saturated heterocycles. The summed E-state index contributed by atoms with van der Waals surface area (Å²) in [5.74, 6) is 1.75. The van der Waals surface area contributed by atoms with Crippen molar-refractivity contribution in [1.82, 2.24) is 20.6 Å². The lowest BCUT2D eigenvalue weighted by Crippen LogP contribution is -2.47. The highest BCUT2D eigenvalue weighted by atomic mass is 35.5. The molecule has 0 radical (unpaired) electrons. The van der Waals surface area contributed by atoms with Crippen LogP contribution in [0.5, 0.6) is 11.5 Å². The van der Waals surface area contributed by atoms with Crippen molar-refractivity contribution in [3.8, 4) is 11.5 Å². The van der Waals surface area contributed by atoms with Gasteiger partial charge in [0.05, 0.1) is 23.3 Å². The summed E-state index contributed by atoms with van der Waals surface area (Å²) in [5, 5.41) is 11.8. The molecule has 4 heterocycles. The monoisotopic (exact) mass is 481 g/mol. The molecule has 2 atom stereocenters. The van der Waals surface area contributed by atoms with Crippen molar-refractivity contribution in [2.75, 3.05) is 25.6 Å². The summed E-state index contributed by atoms with van der Waals surface area (Å²) in [4.78, 5) is 20.5. The highest BCUT2D eigenvalue weighted by Crippen LogP contribution is 2.30. The number of amides is 1. The lowest BCUT2D eigenvalue weighted by Gasteiger charge is -2.31. The average Bonchev–Trinajstić information content (AvgIpc) is 2.87. The number of anilines is 1. The normalized spacial score (nSPS) is 19.9. The molecule has 1 amide bonds. The molecule has 0 aliphatic carbocycles. The number of aryl methyl sites for hydroxylation is 1. The maximum absolute atomic E-state index is 11.5. The second kappa shape index (κ2) is 10.1. The van der Waals surface area contributed by atoms with Gasteiger partial charge in [-0.25, -0.2) is 4.98 Å². The van der Waals surface area contributed by atoms with Gasteiger partial charge in [-0.15, -0.1) is 0 Å². The molecule has 0 bridgehead atoms. The summed E-state index contributed by atoms with van der Waals surface area (Å²) in [6.45, 7) is 1.58. The number of rotatable bonds is 7. The summed E-state index contributed by atoms with van der Waals surface area (Å²) >= 11 is 6.52. The SMILES string of the molecule is COc1ccc2ncc(Cl)c(CCC3CCC(NCc4ccc5c(n4)NC(=O)CO5)CN3)c2c1. The van der Waals surface area contributed by atoms with Gasteiger partial charge >= 0.3 is 0 Å². The zero-order valence-corrected chi connectivity index (χ0v) is 19.8. The summed E-state index contributed by atoms with van der Waals surface area (Å²) in [5.41, 5.74) is 2.94. The van der Waals surface area contributed by atoms with E-state index < -0.39 is 0 Å². The number of hydrogen-bond acceptors (Lipinski definition) is 7. The highest BCUT2D eigenvalue weighted by molar-refractivity contribution is 6.32. The van der Waals surface area contributed by atoms with Crippen LogP contribution in [0.15, 0.2) is 36.5 Å². The summed E-state index contributed by atoms with van der Waals surface area (Å²) in [6, 6.07) is 10.5. The van der Waals surface area contributed by atoms with Gasteiger partial charge < -0.3 is 25.4 Å². The molecule has 1 fully saturated rings. The predicted octanol–water partition coefficient (Wildman–Crippen LogP) is 3.47. The van der Waals surface area contributed by atoms with Crippen molar-refractivity contribution in [2.24, 2.45) is 0 Å². The average molecular weight is 482 g/mol. The molecule has 2 aromatic heterocycles. The summed E-state index contributed by atoms with van der Waals surface area (Å²) in [7, 11) is 1.67. The van der Waals surface area contributed by atoms with Crippen LogP contribution in [0, 0.1) is 0 Å². The molecule has 9 heteroatoms. The van der Waals surface area contributed by atoms with E-state index in [1.807, 2.05) is 30.3 Å². The fraction of sp³-hybridized carbons (Fsp3) is 0.400. The quantitative estimate of drug-likeness (QED) is 0.475. The van der Waals surface area contributed by atoms with Crippen LogP contribution in [-0.4, -0.2) is 48.2 Å². The third-order valence-electron chi connectivity index (χ3n) is 6.50. The lowest BCUT2D eigenvalue weighted by atomic mass is 9.94. The minimum atomic E-state index is -0.173. The Balaban J connectivity index is 1.13. The number of nitrogens with one attached hydrogen (secondary N) is 3. The number of methoxy groups -OCH3 is 1. The molecule has 0 saturated carbocycles. The molecule has 5 rings (SSSR count). The van der Waals surface area contributed by atoms with Gasteiger partial charge in [0, 0.05) is 36.8 Å². The Kier molecular flexibility index (Phi) is 6.80. The molecule has 8 nitrogen and oxygen atoms in total. The molecule has 2 aliphatic rings. The second-order valence-electron chi connectivity index (χ2n) is 8.75. The Hall–Kier alpha value is -2.94. The van der Waals surface area contributed by atoms with E-state index in [1.54, 1.807) is 13.3 Å². The first-order chi connectivity index (χ1) is 16.6. The van der Waals surface area contributed by atoms with Gasteiger partial charge in [-0.1, -0.05) is 11.6 Å². The molecular formula is C25H28ClN5O3. The molecule has 3 N–H and O–H groups in total. The van der Waals surface area contributed by atoms with Crippen molar-refractivity contribution in [3.63, 3.8) is 0 Å². The van der Waals surface area contributed by atoms with E-state index in [4.69, 9.17) is 21.1 Å². The van der Waals surface area contributed by atoms with Gasteiger partial charge in [0.25, 0.3) is 5.91 Å². The van der Waals surface area contributed by atoms with Crippen LogP contribution in [0.25, 0.3) is 10.9 Å². The van der Waals surface area contributed by atoms with E-state index in [0.29, 0.717) is 35.2 Å². The van der Waals surface area contributed by atoms with Crippen molar-refractivity contribution in [2.45, 2.75) is 44.3 Å². The Bertz CT molecular complexity index is 1200. The van der Waals surface area contributed by atoms with Crippen molar-refractivity contribution < 1.29 is 14.3 Å². The molecule has 1 aromatic carbocycles. The number of ether oxygens (including phenoxy) is 2. The number of piperidine rings is 1. The number of benzene rings is 1. The van der Waals surface area contributed by atoms with Crippen molar-refractivity contribution >= 4 is 34.2 Å². The minimum Gasteiger partial charge on any atom is -0.497 e. The van der Waals surface area contributed by atoms with Crippen LogP contribution in [0.3, 0.4) is 0 Å². The second-order valence-corrected chi connectivity index (χ2v) is 9.16. The topological polar surface area (TPSA) is 97.4 Å². The van der Waals surface area contributed by atoms with Crippen molar-refractivity contribution in [3.05, 3.63) is 52.8 Å². The standard InChI is InChI=1S/C25H28ClN5O3/c1-33-18-6-8-22-20(10-18)19(21(26)13-29-22)7-4-15-2-3-16(11-27-15)28-12-17-5-9-23-25(30-17)31-24(32)14-34-23/h5-6,8-10,13,15-16,27-28H,2-4,7,11-12,14H2,1H3,(H,30,31,32). The van der Waals surface area contributed by atoms with E-state index in [0.717, 1.165) is 60.1 Å². The van der Waals surface area contributed by atoms with E-state index in [9.17, 15) is 4.79 Å². The van der Waals surface area contributed by atoms with Crippen LogP contribution < -0.4 is 25.4 Å². The van der Waals surface area contributed by atoms with E-state index in [1.165, 1.54) is 0 Å². The van der Waals surface area contributed by atoms with Gasteiger partial charge in [0.15, 0.2) is 18.2 Å². The smallest absolute Gasteiger partial charge is 0.263 e. The number of aromatic nitrogens is 2. The number of halogens is 1. The molecule has 0 spiro atoms. The number of nitrogens with zero attached hydrogens (tertiary/aromatic N) is 2. The third-order valence-corrected chi connectivity index (χ3v) is 6.82. The van der Waals surface area contributed by atoms with Crippen LogP contribution in [0.4, 0.5) is 5.82 Å². The number of carbonyl (C=O) groups is 1. The Morgan fingerprint density at radius 3 is 3.00 bits per heavy atom. The van der Waals surface area contributed by atoms with Gasteiger partial charge in [-0.2, -0.15) is 0 Å². The van der Waals surface area contributed by atoms with Crippen molar-refractivity contribution in [1.29, 1.82) is 0 Å². The maximum atomic E-state index is 11.5. The van der Waals surface area contributed by atoms with Gasteiger partial charge in [-0.3, -0.25) is 9.78 Å². The number of hydrogen-bond donors (Lipinski definition) is 3. The molecule has 2 aliphatic heterocycles. The first kappa shape index (κ1) is 22.8. The molecule has 34 heavy (non-hydrogen) atoms. The summed E-state index contributed by atoms with van der Waals surface area (Å²) < 4.78 is 10.8. The molecule has 178 valence electrons. The van der Waals surface area contributed by atoms with Gasteiger partial charge in [-0.05, 0) is 61.6 Å². The fourth-order valence-electron chi connectivity index (χ4n) is 4.59. The largest absolute Gasteiger partial charge is 0.497 e. The van der Waals surface area contributed by atoms with Crippen LogP contribution in [0.2, 0.25) is 5.02 Å². The van der Waals surface area contributed by atoms with Gasteiger partial charge in [0.2, 0.25) is 0 Å². The third kappa shape index (κ3) is 5.09. The predicted molar refractivity (Wildman–Crippen MR) is 132 cm³/mol. The molecule has 3 aromatic rings. The van der Waals surface area contributed by atoms with E-state index >= 15 is 0 Å². The minimum absolute atomic E-state index is 0.0406. The van der Waals surface area contributed by atoms with Gasteiger partial charge in [0.1, 0.15) is 5.75 Å². The highest BCUT2D eigenvalue weighted by Gasteiger charge is 2.22. The Morgan fingerprint density at radius 1 is 1.26 bits per heavy atom. The van der Waals surface area contributed by atoms with E-state index in [-0.39, 0.29) is 12.5 Å². The number of pyridine rings is 2. The summed E-state index contributed by atoms with van der Waals surface area (Å²) in [6.07, 6.45) is 5.80. The first-order valence-corrected chi connectivity index (χ1v) is 12.0. The maximum Gasteiger partial charge on any atom is 0.263 e. The van der Waals surface area contributed by atoms with Crippen LogP contribution in [0.1, 0.15) is 30.5 Å². The number of carbonyl (C=O) groups excluding carboxylic acids is 1. The molecular weight excluding hydrogens is 454 g/mol. The Morgan fingerprint density at radius 2 is 2.18 bits per heavy atom. The Labute approximate surface area is 203 Å². The van der Waals surface area contributed by atoms with E-state index in [2.05, 4.69) is 25.9 Å². The lowest BCUT2D eigenvalue weighted by molar-refractivity contribution is -0.118. The molecule has 2 unspecified atom stereocenters. The van der Waals surface area contributed by atoms with Crippen LogP contribution in [-0.2, 0) is 17.8 Å². The zero-order valence-electron chi connectivity index (χ0n) is 19.1. The fourth-order valence-corrected chi connectivity index (χ4v) is 4.83. The van der Waals surface area contributed by atoms with Crippen LogP contribution >= 0.6 is 11.6 Å². The zero-order chi connectivity index (χ0) is 23.5. The number of fused-ring (bicyclic) bond motifs is 2. The first-order valence-electron chi connectivity index (χ1n) is 11.6.